The van der Waals surface area contributed by atoms with Gasteiger partial charge in [-0.3, -0.25) is 4.21 Å². The fourth-order valence-electron chi connectivity index (χ4n) is 2.68. The van der Waals surface area contributed by atoms with Crippen LogP contribution in [0.15, 0.2) is 0 Å². The lowest BCUT2D eigenvalue weighted by molar-refractivity contribution is 0.386. The van der Waals surface area contributed by atoms with E-state index in [9.17, 15) is 4.21 Å². The molecule has 1 saturated carbocycles. The van der Waals surface area contributed by atoms with E-state index in [-0.39, 0.29) is 0 Å². The van der Waals surface area contributed by atoms with E-state index in [1.165, 1.54) is 25.7 Å². The first-order valence-corrected chi connectivity index (χ1v) is 8.53. The highest BCUT2D eigenvalue weighted by molar-refractivity contribution is 7.85. The maximum absolute atomic E-state index is 12.4. The lowest BCUT2D eigenvalue weighted by atomic mass is 9.91. The summed E-state index contributed by atoms with van der Waals surface area (Å²) in [5, 5.41) is 3.93. The van der Waals surface area contributed by atoms with Crippen molar-refractivity contribution in [2.75, 3.05) is 12.3 Å². The molecule has 1 aliphatic rings. The average Bonchev–Trinajstić information content (AvgIpc) is 2.28. The lowest BCUT2D eigenvalue weighted by Gasteiger charge is -2.29. The molecule has 0 aliphatic heterocycles. The van der Waals surface area contributed by atoms with Crippen LogP contribution in [0, 0.1) is 11.8 Å². The lowest BCUT2D eigenvalue weighted by Crippen LogP contribution is -2.40. The van der Waals surface area contributed by atoms with Crippen LogP contribution < -0.4 is 5.32 Å². The van der Waals surface area contributed by atoms with Crippen molar-refractivity contribution in [2.45, 2.75) is 64.7 Å². The summed E-state index contributed by atoms with van der Waals surface area (Å²) in [6.45, 7) is 9.83. The second-order valence-corrected chi connectivity index (χ2v) is 7.61. The summed E-state index contributed by atoms with van der Waals surface area (Å²) in [5.41, 5.74) is 0. The van der Waals surface area contributed by atoms with E-state index >= 15 is 0 Å². The van der Waals surface area contributed by atoms with Crippen LogP contribution in [0.2, 0.25) is 0 Å². The standard InChI is InChI=1S/C14H29NOS/c1-5-15-14(11(2)3)10-17(16)13-8-6-7-12(4)9-13/h11-15H,5-10H2,1-4H3. The Morgan fingerprint density at radius 2 is 2.06 bits per heavy atom. The molecule has 0 saturated heterocycles. The average molecular weight is 259 g/mol. The van der Waals surface area contributed by atoms with Crippen LogP contribution in [0.25, 0.3) is 0 Å². The Balaban J connectivity index is 2.45. The van der Waals surface area contributed by atoms with E-state index in [1.807, 2.05) is 0 Å². The van der Waals surface area contributed by atoms with Gasteiger partial charge in [-0.05, 0) is 31.2 Å². The van der Waals surface area contributed by atoms with Crippen molar-refractivity contribution in [3.63, 3.8) is 0 Å². The number of hydrogen-bond acceptors (Lipinski definition) is 2. The number of nitrogens with one attached hydrogen (secondary N) is 1. The fraction of sp³-hybridized carbons (Fsp3) is 1.00. The Labute approximate surface area is 109 Å². The van der Waals surface area contributed by atoms with Crippen molar-refractivity contribution in [1.29, 1.82) is 0 Å². The van der Waals surface area contributed by atoms with E-state index in [0.717, 1.165) is 18.2 Å². The smallest absolute Gasteiger partial charge is 0.0394 e. The van der Waals surface area contributed by atoms with E-state index in [2.05, 4.69) is 33.0 Å². The van der Waals surface area contributed by atoms with Crippen LogP contribution in [0.5, 0.6) is 0 Å². The molecular formula is C14H29NOS. The summed E-state index contributed by atoms with van der Waals surface area (Å²) >= 11 is 0. The number of rotatable bonds is 6. The van der Waals surface area contributed by atoms with Gasteiger partial charge < -0.3 is 5.32 Å². The van der Waals surface area contributed by atoms with E-state index < -0.39 is 10.8 Å². The molecule has 4 unspecified atom stereocenters. The highest BCUT2D eigenvalue weighted by Crippen LogP contribution is 2.27. The van der Waals surface area contributed by atoms with E-state index in [4.69, 9.17) is 0 Å². The third-order valence-electron chi connectivity index (χ3n) is 3.87. The third kappa shape index (κ3) is 5.09. The molecule has 0 aromatic heterocycles. The molecule has 17 heavy (non-hydrogen) atoms. The molecule has 0 bridgehead atoms. The molecule has 1 aliphatic carbocycles. The minimum absolute atomic E-state index is 0.415. The SMILES string of the molecule is CCNC(CS(=O)C1CCCC(C)C1)C(C)C. The normalized spacial score (nSPS) is 29.2. The first-order valence-electron chi connectivity index (χ1n) is 7.15. The predicted molar refractivity (Wildman–Crippen MR) is 76.7 cm³/mol. The monoisotopic (exact) mass is 259 g/mol. The topological polar surface area (TPSA) is 29.1 Å². The molecule has 0 heterocycles. The van der Waals surface area contributed by atoms with Crippen LogP contribution in [0.1, 0.15) is 53.4 Å². The first-order chi connectivity index (χ1) is 8.04. The van der Waals surface area contributed by atoms with Crippen molar-refractivity contribution >= 4 is 10.8 Å². The van der Waals surface area contributed by atoms with Gasteiger partial charge in [0.05, 0.1) is 0 Å². The predicted octanol–water partition coefficient (Wildman–Crippen LogP) is 2.95. The van der Waals surface area contributed by atoms with Crippen molar-refractivity contribution in [3.05, 3.63) is 0 Å². The minimum Gasteiger partial charge on any atom is -0.313 e. The molecule has 3 heteroatoms. The zero-order chi connectivity index (χ0) is 12.8. The van der Waals surface area contributed by atoms with Gasteiger partial charge in [-0.1, -0.05) is 40.5 Å². The zero-order valence-corrected chi connectivity index (χ0v) is 12.7. The highest BCUT2D eigenvalue weighted by atomic mass is 32.2. The zero-order valence-electron chi connectivity index (χ0n) is 11.9. The Hall–Kier alpha value is 0.110. The second kappa shape index (κ2) is 7.52. The second-order valence-electron chi connectivity index (χ2n) is 5.85. The maximum atomic E-state index is 12.4. The van der Waals surface area contributed by atoms with Crippen LogP contribution >= 0.6 is 0 Å². The van der Waals surface area contributed by atoms with Gasteiger partial charge in [0, 0.05) is 27.8 Å². The van der Waals surface area contributed by atoms with Crippen molar-refractivity contribution in [2.24, 2.45) is 11.8 Å². The Bertz CT molecular complexity index is 242. The molecule has 2 nitrogen and oxygen atoms in total. The molecule has 4 atom stereocenters. The van der Waals surface area contributed by atoms with Crippen LogP contribution in [-0.2, 0) is 10.8 Å². The van der Waals surface area contributed by atoms with Gasteiger partial charge >= 0.3 is 0 Å². The van der Waals surface area contributed by atoms with Gasteiger partial charge in [0.25, 0.3) is 0 Å². The van der Waals surface area contributed by atoms with Gasteiger partial charge in [-0.25, -0.2) is 0 Å². The van der Waals surface area contributed by atoms with Crippen LogP contribution in [-0.4, -0.2) is 27.8 Å². The Morgan fingerprint density at radius 3 is 2.59 bits per heavy atom. The molecule has 0 aromatic rings. The largest absolute Gasteiger partial charge is 0.313 e. The minimum atomic E-state index is -0.642. The van der Waals surface area contributed by atoms with Crippen LogP contribution in [0.3, 0.4) is 0 Å². The van der Waals surface area contributed by atoms with Crippen molar-refractivity contribution in [3.8, 4) is 0 Å². The van der Waals surface area contributed by atoms with Crippen LogP contribution in [0.4, 0.5) is 0 Å². The summed E-state index contributed by atoms with van der Waals surface area (Å²) in [4.78, 5) is 0. The molecular weight excluding hydrogens is 230 g/mol. The van der Waals surface area contributed by atoms with Gasteiger partial charge in [0.1, 0.15) is 0 Å². The molecule has 0 amide bonds. The first kappa shape index (κ1) is 15.2. The molecule has 0 spiro atoms. The molecule has 0 aromatic carbocycles. The Kier molecular flexibility index (Phi) is 6.71. The molecule has 1 fully saturated rings. The Morgan fingerprint density at radius 1 is 1.35 bits per heavy atom. The van der Waals surface area contributed by atoms with Gasteiger partial charge in [-0.15, -0.1) is 0 Å². The highest BCUT2D eigenvalue weighted by Gasteiger charge is 2.26. The van der Waals surface area contributed by atoms with E-state index in [0.29, 0.717) is 17.2 Å². The number of hydrogen-bond donors (Lipinski definition) is 1. The summed E-state index contributed by atoms with van der Waals surface area (Å²) in [7, 11) is -0.642. The molecule has 102 valence electrons. The van der Waals surface area contributed by atoms with Gasteiger partial charge in [0.2, 0.25) is 0 Å². The summed E-state index contributed by atoms with van der Waals surface area (Å²) in [6.07, 6.45) is 4.94. The molecule has 1 N–H and O–H groups in total. The van der Waals surface area contributed by atoms with Crippen molar-refractivity contribution in [1.82, 2.24) is 5.32 Å². The third-order valence-corrected chi connectivity index (χ3v) is 5.73. The summed E-state index contributed by atoms with van der Waals surface area (Å²) < 4.78 is 12.4. The fourth-order valence-corrected chi connectivity index (χ4v) is 4.78. The maximum Gasteiger partial charge on any atom is 0.0394 e. The quantitative estimate of drug-likeness (QED) is 0.794. The van der Waals surface area contributed by atoms with Gasteiger partial charge in [-0.2, -0.15) is 0 Å². The van der Waals surface area contributed by atoms with Crippen molar-refractivity contribution < 1.29 is 4.21 Å². The molecule has 0 radical (unpaired) electrons. The van der Waals surface area contributed by atoms with E-state index in [1.54, 1.807) is 0 Å². The summed E-state index contributed by atoms with van der Waals surface area (Å²) in [6, 6.07) is 0.415. The molecule has 1 rings (SSSR count). The van der Waals surface area contributed by atoms with Gasteiger partial charge in [0.15, 0.2) is 0 Å². The summed E-state index contributed by atoms with van der Waals surface area (Å²) in [5.74, 6) is 2.18.